The van der Waals surface area contributed by atoms with Gasteiger partial charge in [-0.2, -0.15) is 0 Å². The summed E-state index contributed by atoms with van der Waals surface area (Å²) >= 11 is 0. The van der Waals surface area contributed by atoms with Crippen LogP contribution in [0, 0.1) is 5.82 Å². The number of benzene rings is 2. The molecule has 2 aromatic carbocycles. The van der Waals surface area contributed by atoms with Crippen molar-refractivity contribution in [2.45, 2.75) is 13.0 Å². The smallest absolute Gasteiger partial charge is 0.260 e. The third-order valence-corrected chi connectivity index (χ3v) is 4.26. The highest BCUT2D eigenvalue weighted by molar-refractivity contribution is 5.78. The maximum atomic E-state index is 13.5. The van der Waals surface area contributed by atoms with E-state index < -0.39 is 5.82 Å². The summed E-state index contributed by atoms with van der Waals surface area (Å²) in [6.07, 6.45) is 0. The van der Waals surface area contributed by atoms with Crippen molar-refractivity contribution in [3.8, 4) is 5.75 Å². The first kappa shape index (κ1) is 16.3. The van der Waals surface area contributed by atoms with Crippen LogP contribution in [0.2, 0.25) is 0 Å². The summed E-state index contributed by atoms with van der Waals surface area (Å²) in [4.78, 5) is 16.4. The van der Waals surface area contributed by atoms with Crippen LogP contribution in [0.25, 0.3) is 0 Å². The maximum Gasteiger partial charge on any atom is 0.260 e. The van der Waals surface area contributed by atoms with Gasteiger partial charge in [0.25, 0.3) is 5.91 Å². The molecule has 1 atom stereocenters. The number of halogens is 1. The number of rotatable bonds is 4. The number of piperazine rings is 1. The Labute approximate surface area is 141 Å². The molecule has 0 spiro atoms. The molecule has 1 saturated heterocycles. The zero-order valence-corrected chi connectivity index (χ0v) is 13.7. The van der Waals surface area contributed by atoms with E-state index in [-0.39, 0.29) is 24.3 Å². The van der Waals surface area contributed by atoms with E-state index in [1.165, 1.54) is 17.8 Å². The average Bonchev–Trinajstić information content (AvgIpc) is 2.61. The van der Waals surface area contributed by atoms with Crippen LogP contribution in [-0.2, 0) is 4.79 Å². The summed E-state index contributed by atoms with van der Waals surface area (Å²) < 4.78 is 18.8. The van der Waals surface area contributed by atoms with Gasteiger partial charge in [0.1, 0.15) is 0 Å². The molecule has 1 fully saturated rings. The fourth-order valence-electron chi connectivity index (χ4n) is 2.98. The Balaban J connectivity index is 1.55. The van der Waals surface area contributed by atoms with E-state index in [9.17, 15) is 9.18 Å². The molecular formula is C19H21FN2O2. The van der Waals surface area contributed by atoms with E-state index in [0.717, 1.165) is 6.54 Å². The molecular weight excluding hydrogens is 307 g/mol. The van der Waals surface area contributed by atoms with Gasteiger partial charge in [0.2, 0.25) is 0 Å². The number of carbonyl (C=O) groups excluding carboxylic acids is 1. The van der Waals surface area contributed by atoms with Crippen LogP contribution in [-0.4, -0.2) is 43.1 Å². The second-order valence-corrected chi connectivity index (χ2v) is 5.94. The number of amides is 1. The average molecular weight is 328 g/mol. The van der Waals surface area contributed by atoms with E-state index in [2.05, 4.69) is 24.0 Å². The van der Waals surface area contributed by atoms with Gasteiger partial charge in [-0.15, -0.1) is 0 Å². The molecule has 2 aromatic rings. The van der Waals surface area contributed by atoms with Gasteiger partial charge in [0.15, 0.2) is 18.2 Å². The van der Waals surface area contributed by atoms with E-state index in [1.807, 2.05) is 18.2 Å². The molecule has 24 heavy (non-hydrogen) atoms. The Morgan fingerprint density at radius 1 is 1.12 bits per heavy atom. The fraction of sp³-hybridized carbons (Fsp3) is 0.316. The lowest BCUT2D eigenvalue weighted by Crippen LogP contribution is -2.54. The molecule has 1 aliphatic heterocycles. The number of ether oxygens (including phenoxy) is 1. The fourth-order valence-corrected chi connectivity index (χ4v) is 2.98. The van der Waals surface area contributed by atoms with Crippen molar-refractivity contribution in [3.63, 3.8) is 0 Å². The molecule has 0 radical (unpaired) electrons. The van der Waals surface area contributed by atoms with Crippen molar-refractivity contribution in [2.24, 2.45) is 0 Å². The number of hydrogen-bond acceptors (Lipinski definition) is 3. The topological polar surface area (TPSA) is 32.8 Å². The van der Waals surface area contributed by atoms with E-state index in [0.29, 0.717) is 13.1 Å². The number of nitrogens with zero attached hydrogens (tertiary/aromatic N) is 2. The van der Waals surface area contributed by atoms with Gasteiger partial charge in [-0.25, -0.2) is 4.39 Å². The molecule has 0 aromatic heterocycles. The number of anilines is 1. The zero-order valence-electron chi connectivity index (χ0n) is 13.7. The Bertz CT molecular complexity index is 693. The molecule has 1 aliphatic rings. The first-order valence-corrected chi connectivity index (χ1v) is 8.12. The van der Waals surface area contributed by atoms with E-state index in [4.69, 9.17) is 4.74 Å². The van der Waals surface area contributed by atoms with Gasteiger partial charge in [-0.1, -0.05) is 30.3 Å². The Morgan fingerprint density at radius 3 is 2.54 bits per heavy atom. The molecule has 0 bridgehead atoms. The molecule has 1 heterocycles. The van der Waals surface area contributed by atoms with Crippen molar-refractivity contribution in [3.05, 3.63) is 60.4 Å². The summed E-state index contributed by atoms with van der Waals surface area (Å²) in [6, 6.07) is 16.5. The predicted octanol–water partition coefficient (Wildman–Crippen LogP) is 2.94. The number of para-hydroxylation sites is 2. The lowest BCUT2D eigenvalue weighted by molar-refractivity contribution is -0.134. The van der Waals surface area contributed by atoms with Crippen LogP contribution in [0.15, 0.2) is 54.6 Å². The lowest BCUT2D eigenvalue weighted by Gasteiger charge is -2.41. The lowest BCUT2D eigenvalue weighted by atomic mass is 10.1. The molecule has 5 heteroatoms. The highest BCUT2D eigenvalue weighted by Gasteiger charge is 2.27. The summed E-state index contributed by atoms with van der Waals surface area (Å²) in [5, 5.41) is 0. The molecule has 1 unspecified atom stereocenters. The van der Waals surface area contributed by atoms with Gasteiger partial charge >= 0.3 is 0 Å². The Morgan fingerprint density at radius 2 is 1.83 bits per heavy atom. The summed E-state index contributed by atoms with van der Waals surface area (Å²) in [6.45, 7) is 4.01. The van der Waals surface area contributed by atoms with Crippen molar-refractivity contribution < 1.29 is 13.9 Å². The molecule has 1 amide bonds. The molecule has 0 saturated carbocycles. The molecule has 0 N–H and O–H groups in total. The zero-order chi connectivity index (χ0) is 16.9. The second kappa shape index (κ2) is 7.34. The number of hydrogen-bond donors (Lipinski definition) is 0. The van der Waals surface area contributed by atoms with Gasteiger partial charge in [-0.3, -0.25) is 4.79 Å². The minimum atomic E-state index is -0.451. The highest BCUT2D eigenvalue weighted by atomic mass is 19.1. The minimum Gasteiger partial charge on any atom is -0.481 e. The molecule has 126 valence electrons. The largest absolute Gasteiger partial charge is 0.481 e. The van der Waals surface area contributed by atoms with Crippen LogP contribution < -0.4 is 9.64 Å². The molecule has 3 rings (SSSR count). The van der Waals surface area contributed by atoms with Crippen LogP contribution in [0.5, 0.6) is 5.75 Å². The van der Waals surface area contributed by atoms with Crippen LogP contribution in [0.1, 0.15) is 6.92 Å². The maximum absolute atomic E-state index is 13.5. The predicted molar refractivity (Wildman–Crippen MR) is 91.7 cm³/mol. The van der Waals surface area contributed by atoms with Crippen LogP contribution in [0.4, 0.5) is 10.1 Å². The van der Waals surface area contributed by atoms with E-state index in [1.54, 1.807) is 17.0 Å². The van der Waals surface area contributed by atoms with Gasteiger partial charge < -0.3 is 14.5 Å². The van der Waals surface area contributed by atoms with Gasteiger partial charge in [-0.05, 0) is 31.2 Å². The van der Waals surface area contributed by atoms with Crippen molar-refractivity contribution >= 4 is 11.6 Å². The quantitative estimate of drug-likeness (QED) is 0.865. The first-order chi connectivity index (χ1) is 11.6. The minimum absolute atomic E-state index is 0.113. The van der Waals surface area contributed by atoms with Crippen molar-refractivity contribution in [1.29, 1.82) is 0 Å². The summed E-state index contributed by atoms with van der Waals surface area (Å²) in [5.74, 6) is -0.452. The third-order valence-electron chi connectivity index (χ3n) is 4.26. The normalized spacial score (nSPS) is 17.7. The number of carbonyl (C=O) groups is 1. The summed E-state index contributed by atoms with van der Waals surface area (Å²) in [5.41, 5.74) is 1.17. The van der Waals surface area contributed by atoms with Crippen LogP contribution in [0.3, 0.4) is 0 Å². The third kappa shape index (κ3) is 3.67. The molecule has 4 nitrogen and oxygen atoms in total. The SMILES string of the molecule is CC1CN(C(=O)COc2ccccc2F)CCN1c1ccccc1. The monoisotopic (exact) mass is 328 g/mol. The van der Waals surface area contributed by atoms with Gasteiger partial charge in [0.05, 0.1) is 0 Å². The van der Waals surface area contributed by atoms with Crippen LogP contribution >= 0.6 is 0 Å². The second-order valence-electron chi connectivity index (χ2n) is 5.94. The Kier molecular flexibility index (Phi) is 4.99. The Hall–Kier alpha value is -2.56. The molecule has 0 aliphatic carbocycles. The summed E-state index contributed by atoms with van der Waals surface area (Å²) in [7, 11) is 0. The highest BCUT2D eigenvalue weighted by Crippen LogP contribution is 2.20. The van der Waals surface area contributed by atoms with Crippen molar-refractivity contribution in [1.82, 2.24) is 4.90 Å². The van der Waals surface area contributed by atoms with E-state index >= 15 is 0 Å². The van der Waals surface area contributed by atoms with Crippen molar-refractivity contribution in [2.75, 3.05) is 31.1 Å². The first-order valence-electron chi connectivity index (χ1n) is 8.12. The van der Waals surface area contributed by atoms with Gasteiger partial charge in [0, 0.05) is 31.4 Å². The standard InChI is InChI=1S/C19H21FN2O2/c1-15-13-21(11-12-22(15)16-7-3-2-4-8-16)19(23)14-24-18-10-6-5-9-17(18)20/h2-10,15H,11-14H2,1H3.